The van der Waals surface area contributed by atoms with Crippen molar-refractivity contribution in [3.05, 3.63) is 11.3 Å². The van der Waals surface area contributed by atoms with E-state index in [1.807, 2.05) is 25.1 Å². The molecule has 0 aliphatic carbocycles. The third-order valence-corrected chi connectivity index (χ3v) is 3.04. The summed E-state index contributed by atoms with van der Waals surface area (Å²) in [4.78, 5) is 10.3. The van der Waals surface area contributed by atoms with Crippen LogP contribution in [0.25, 0.3) is 10.9 Å². The zero-order valence-corrected chi connectivity index (χ0v) is 12.8. The summed E-state index contributed by atoms with van der Waals surface area (Å²) < 4.78 is 16.1. The SMILES string of the molecule is COc1cc2c(N(C)C)nc(Cl)nc2c(OC)c1OC. The van der Waals surface area contributed by atoms with Crippen molar-refractivity contribution < 1.29 is 14.2 Å². The van der Waals surface area contributed by atoms with Crippen LogP contribution in [0.4, 0.5) is 5.82 Å². The molecule has 0 amide bonds. The van der Waals surface area contributed by atoms with Gasteiger partial charge in [-0.3, -0.25) is 0 Å². The Morgan fingerprint density at radius 1 is 1.00 bits per heavy atom. The molecule has 1 heterocycles. The maximum absolute atomic E-state index is 5.99. The van der Waals surface area contributed by atoms with E-state index >= 15 is 0 Å². The van der Waals surface area contributed by atoms with Gasteiger partial charge in [-0.05, 0) is 17.7 Å². The predicted octanol–water partition coefficient (Wildman–Crippen LogP) is 2.38. The number of methoxy groups -OCH3 is 3. The van der Waals surface area contributed by atoms with Crippen LogP contribution >= 0.6 is 11.6 Å². The van der Waals surface area contributed by atoms with Gasteiger partial charge in [0.25, 0.3) is 0 Å². The second-order valence-electron chi connectivity index (χ2n) is 4.25. The number of hydrogen-bond acceptors (Lipinski definition) is 6. The van der Waals surface area contributed by atoms with Gasteiger partial charge in [0.2, 0.25) is 11.0 Å². The van der Waals surface area contributed by atoms with Gasteiger partial charge in [-0.1, -0.05) is 0 Å². The molecule has 0 aliphatic heterocycles. The van der Waals surface area contributed by atoms with Crippen LogP contribution in [0.15, 0.2) is 6.07 Å². The monoisotopic (exact) mass is 297 g/mol. The van der Waals surface area contributed by atoms with E-state index in [0.29, 0.717) is 28.6 Å². The van der Waals surface area contributed by atoms with Gasteiger partial charge in [0.05, 0.1) is 26.7 Å². The summed E-state index contributed by atoms with van der Waals surface area (Å²) in [5.41, 5.74) is 0.578. The second kappa shape index (κ2) is 5.58. The molecule has 0 fully saturated rings. The van der Waals surface area contributed by atoms with Crippen LogP contribution in [-0.2, 0) is 0 Å². The lowest BCUT2D eigenvalue weighted by molar-refractivity contribution is 0.327. The van der Waals surface area contributed by atoms with Crippen molar-refractivity contribution in [2.75, 3.05) is 40.3 Å². The first kappa shape index (κ1) is 14.5. The predicted molar refractivity (Wildman–Crippen MR) is 78.5 cm³/mol. The van der Waals surface area contributed by atoms with Gasteiger partial charge in [-0.25, -0.2) is 4.98 Å². The Morgan fingerprint density at radius 3 is 2.15 bits per heavy atom. The maximum Gasteiger partial charge on any atom is 0.225 e. The molecule has 0 bridgehead atoms. The number of ether oxygens (including phenoxy) is 3. The van der Waals surface area contributed by atoms with Gasteiger partial charge in [0.1, 0.15) is 11.3 Å². The van der Waals surface area contributed by atoms with Crippen molar-refractivity contribution in [1.82, 2.24) is 9.97 Å². The molecular weight excluding hydrogens is 282 g/mol. The molecule has 1 aromatic heterocycles. The minimum Gasteiger partial charge on any atom is -0.493 e. The Morgan fingerprint density at radius 2 is 1.65 bits per heavy atom. The third-order valence-electron chi connectivity index (χ3n) is 2.87. The van der Waals surface area contributed by atoms with E-state index in [1.165, 1.54) is 0 Å². The van der Waals surface area contributed by atoms with Gasteiger partial charge < -0.3 is 19.1 Å². The Bertz CT molecular complexity index is 647. The first-order chi connectivity index (χ1) is 9.53. The molecule has 20 heavy (non-hydrogen) atoms. The van der Waals surface area contributed by atoms with Crippen LogP contribution in [0.3, 0.4) is 0 Å². The summed E-state index contributed by atoms with van der Waals surface area (Å²) >= 11 is 5.99. The smallest absolute Gasteiger partial charge is 0.225 e. The van der Waals surface area contributed by atoms with Gasteiger partial charge in [0, 0.05) is 14.1 Å². The maximum atomic E-state index is 5.99. The molecule has 7 heteroatoms. The molecule has 0 saturated heterocycles. The lowest BCUT2D eigenvalue weighted by Crippen LogP contribution is -2.12. The average molecular weight is 298 g/mol. The fourth-order valence-corrected chi connectivity index (χ4v) is 2.19. The number of fused-ring (bicyclic) bond motifs is 1. The second-order valence-corrected chi connectivity index (χ2v) is 4.59. The molecule has 6 nitrogen and oxygen atoms in total. The highest BCUT2D eigenvalue weighted by atomic mass is 35.5. The van der Waals surface area contributed by atoms with E-state index in [4.69, 9.17) is 25.8 Å². The number of rotatable bonds is 4. The van der Waals surface area contributed by atoms with E-state index in [2.05, 4.69) is 9.97 Å². The summed E-state index contributed by atoms with van der Waals surface area (Å²) in [6.07, 6.45) is 0. The summed E-state index contributed by atoms with van der Waals surface area (Å²) in [6, 6.07) is 1.81. The zero-order chi connectivity index (χ0) is 14.9. The molecule has 0 N–H and O–H groups in total. The van der Waals surface area contributed by atoms with Crippen molar-refractivity contribution in [3.63, 3.8) is 0 Å². The van der Waals surface area contributed by atoms with Gasteiger partial charge in [-0.15, -0.1) is 0 Å². The molecule has 1 aromatic carbocycles. The number of hydrogen-bond donors (Lipinski definition) is 0. The molecule has 0 spiro atoms. The Labute approximate surface area is 122 Å². The number of nitrogens with zero attached hydrogens (tertiary/aromatic N) is 3. The minimum absolute atomic E-state index is 0.145. The van der Waals surface area contributed by atoms with Crippen LogP contribution in [0.5, 0.6) is 17.2 Å². The van der Waals surface area contributed by atoms with Crippen LogP contribution in [0.2, 0.25) is 5.28 Å². The summed E-state index contributed by atoms with van der Waals surface area (Å²) in [7, 11) is 8.40. The van der Waals surface area contributed by atoms with Gasteiger partial charge in [-0.2, -0.15) is 4.98 Å². The fraction of sp³-hybridized carbons (Fsp3) is 0.385. The van der Waals surface area contributed by atoms with Crippen molar-refractivity contribution in [1.29, 1.82) is 0 Å². The van der Waals surface area contributed by atoms with E-state index in [0.717, 1.165) is 5.39 Å². The number of anilines is 1. The van der Waals surface area contributed by atoms with E-state index in [-0.39, 0.29) is 5.28 Å². The largest absolute Gasteiger partial charge is 0.493 e. The lowest BCUT2D eigenvalue weighted by atomic mass is 10.1. The molecule has 0 saturated carbocycles. The number of aromatic nitrogens is 2. The highest BCUT2D eigenvalue weighted by Crippen LogP contribution is 2.44. The van der Waals surface area contributed by atoms with E-state index < -0.39 is 0 Å². The Hall–Kier alpha value is -1.95. The normalized spacial score (nSPS) is 10.5. The Balaban J connectivity index is 2.94. The minimum atomic E-state index is 0.145. The van der Waals surface area contributed by atoms with Crippen molar-refractivity contribution in [2.24, 2.45) is 0 Å². The summed E-state index contributed by atoms with van der Waals surface area (Å²) in [5, 5.41) is 0.917. The number of benzene rings is 1. The molecular formula is C13H16ClN3O3. The zero-order valence-electron chi connectivity index (χ0n) is 12.0. The van der Waals surface area contributed by atoms with Crippen LogP contribution in [0.1, 0.15) is 0 Å². The molecule has 0 atom stereocenters. The van der Waals surface area contributed by atoms with Crippen molar-refractivity contribution in [2.45, 2.75) is 0 Å². The Kier molecular flexibility index (Phi) is 4.04. The summed E-state index contributed by atoms with van der Waals surface area (Å²) in [5.74, 6) is 2.17. The van der Waals surface area contributed by atoms with E-state index in [9.17, 15) is 0 Å². The van der Waals surface area contributed by atoms with Crippen molar-refractivity contribution >= 4 is 28.3 Å². The van der Waals surface area contributed by atoms with Crippen molar-refractivity contribution in [3.8, 4) is 17.2 Å². The lowest BCUT2D eigenvalue weighted by Gasteiger charge is -2.18. The molecule has 2 rings (SSSR count). The van der Waals surface area contributed by atoms with Gasteiger partial charge >= 0.3 is 0 Å². The molecule has 0 aliphatic rings. The first-order valence-electron chi connectivity index (χ1n) is 5.87. The quantitative estimate of drug-likeness (QED) is 0.808. The molecule has 0 radical (unpaired) electrons. The molecule has 0 unspecified atom stereocenters. The topological polar surface area (TPSA) is 56.7 Å². The average Bonchev–Trinajstić information content (AvgIpc) is 2.43. The fourth-order valence-electron chi connectivity index (χ4n) is 2.03. The first-order valence-corrected chi connectivity index (χ1v) is 6.24. The molecule has 108 valence electrons. The van der Waals surface area contributed by atoms with Gasteiger partial charge in [0.15, 0.2) is 11.5 Å². The highest BCUT2D eigenvalue weighted by molar-refractivity contribution is 6.29. The number of halogens is 1. The third kappa shape index (κ3) is 2.27. The summed E-state index contributed by atoms with van der Waals surface area (Å²) in [6.45, 7) is 0. The standard InChI is InChI=1S/C13H16ClN3O3/c1-17(2)12-7-6-8(18-3)10(19-4)11(20-5)9(7)15-13(14)16-12/h6H,1-5H3. The van der Waals surface area contributed by atoms with E-state index in [1.54, 1.807) is 21.3 Å². The van der Waals surface area contributed by atoms with Crippen LogP contribution < -0.4 is 19.1 Å². The van der Waals surface area contributed by atoms with Crippen LogP contribution in [0, 0.1) is 0 Å². The van der Waals surface area contributed by atoms with Crippen LogP contribution in [-0.4, -0.2) is 45.4 Å². The molecule has 2 aromatic rings. The highest BCUT2D eigenvalue weighted by Gasteiger charge is 2.21.